The van der Waals surface area contributed by atoms with Gasteiger partial charge in [-0.15, -0.1) is 10.3 Å². The molecule has 3 N–H and O–H groups in total. The Morgan fingerprint density at radius 1 is 1.17 bits per heavy atom. The molecule has 0 saturated heterocycles. The maximum absolute atomic E-state index is 8.60. The van der Waals surface area contributed by atoms with Gasteiger partial charge >= 0.3 is 0 Å². The zero-order chi connectivity index (χ0) is 4.50. The van der Waals surface area contributed by atoms with Crippen LogP contribution in [0, 0.1) is 0 Å². The number of hydrogen-bond acceptors (Lipinski definition) is 1. The molecule has 0 aromatic rings. The van der Waals surface area contributed by atoms with E-state index in [1.807, 2.05) is 18.8 Å². The van der Waals surface area contributed by atoms with Crippen molar-refractivity contribution in [3.8, 4) is 0 Å². The third-order valence-corrected chi connectivity index (χ3v) is 0. The van der Waals surface area contributed by atoms with Crippen LogP contribution in [0.4, 0.5) is 0 Å². The third kappa shape index (κ3) is 626. The third-order valence-electron chi connectivity index (χ3n) is 0. The Morgan fingerprint density at radius 2 is 1.17 bits per heavy atom. The van der Waals surface area contributed by atoms with Gasteiger partial charge in [0.25, 0.3) is 0 Å². The highest BCUT2D eigenvalue weighted by atomic mass is 32.3. The lowest BCUT2D eigenvalue weighted by Crippen LogP contribution is -1.83. The fraction of sp³-hybridized carbons (Fsp3) is 1.00. The van der Waals surface area contributed by atoms with Gasteiger partial charge < -0.3 is 10.0 Å². The lowest BCUT2D eigenvalue weighted by molar-refractivity contribution is 0.643. The molecule has 0 rings (SSSR count). The van der Waals surface area contributed by atoms with Crippen LogP contribution in [-0.2, 0) is 0 Å². The summed E-state index contributed by atoms with van der Waals surface area (Å²) in [7, 11) is -1.17. The van der Waals surface area contributed by atoms with E-state index in [0.717, 1.165) is 0 Å². The van der Waals surface area contributed by atoms with Gasteiger partial charge in [0.05, 0.1) is 0 Å². The van der Waals surface area contributed by atoms with Crippen LogP contribution in [0.2, 0.25) is 0 Å². The van der Waals surface area contributed by atoms with Gasteiger partial charge in [-0.05, 0) is 18.8 Å². The summed E-state index contributed by atoms with van der Waals surface area (Å²) in [5.74, 6) is 0. The first-order valence-corrected chi connectivity index (χ1v) is 4.22. The molecule has 0 fully saturated rings. The molecule has 6 heavy (non-hydrogen) atoms. The summed E-state index contributed by atoms with van der Waals surface area (Å²) in [6.07, 6.45) is 5.48. The van der Waals surface area contributed by atoms with E-state index in [2.05, 4.69) is 0 Å². The van der Waals surface area contributed by atoms with Crippen molar-refractivity contribution in [3.63, 3.8) is 0 Å². The molecule has 2 nitrogen and oxygen atoms in total. The largest absolute Gasteiger partial charge is 0.412 e. The Kier molecular flexibility index (Phi) is 3.89. The summed E-state index contributed by atoms with van der Waals surface area (Å²) in [5.41, 5.74) is 0. The van der Waals surface area contributed by atoms with E-state index in [-0.39, 0.29) is 5.48 Å². The second-order valence-electron chi connectivity index (χ2n) is 1.77. The molecule has 0 aliphatic carbocycles. The Labute approximate surface area is 40.0 Å². The molecule has 0 saturated carbocycles. The molecule has 0 unspecified atom stereocenters. The molecule has 0 aliphatic heterocycles. The van der Waals surface area contributed by atoms with Crippen molar-refractivity contribution in [2.45, 2.75) is 0 Å². The van der Waals surface area contributed by atoms with E-state index in [0.29, 0.717) is 0 Å². The van der Waals surface area contributed by atoms with Crippen LogP contribution in [0.1, 0.15) is 0 Å². The van der Waals surface area contributed by atoms with E-state index >= 15 is 0 Å². The number of hydrogen-bond donors (Lipinski definition) is 1. The SMILES string of the molecule is CS(C)(C)O.O. The molecule has 0 heterocycles. The molecule has 42 valence electrons. The van der Waals surface area contributed by atoms with Gasteiger partial charge in [-0.25, -0.2) is 0 Å². The standard InChI is InChI=1S/C3H10OS.H2O/c1-5(2,3)4;/h4H,1-3H3;1H2. The van der Waals surface area contributed by atoms with Crippen molar-refractivity contribution < 1.29 is 10.0 Å². The van der Waals surface area contributed by atoms with Crippen molar-refractivity contribution in [1.82, 2.24) is 0 Å². The summed E-state index contributed by atoms with van der Waals surface area (Å²) in [6, 6.07) is 0. The Bertz CT molecular complexity index is 24.3. The van der Waals surface area contributed by atoms with Gasteiger partial charge in [0, 0.05) is 0 Å². The second kappa shape index (κ2) is 2.44. The van der Waals surface area contributed by atoms with E-state index in [1.165, 1.54) is 0 Å². The van der Waals surface area contributed by atoms with Gasteiger partial charge in [0.2, 0.25) is 0 Å². The monoisotopic (exact) mass is 112 g/mol. The van der Waals surface area contributed by atoms with Crippen LogP contribution in [-0.4, -0.2) is 28.8 Å². The van der Waals surface area contributed by atoms with Crippen molar-refractivity contribution in [2.24, 2.45) is 0 Å². The lowest BCUT2D eigenvalue weighted by atomic mass is 11.9. The zero-order valence-electron chi connectivity index (χ0n) is 4.36. The van der Waals surface area contributed by atoms with Gasteiger partial charge in [0.15, 0.2) is 0 Å². The summed E-state index contributed by atoms with van der Waals surface area (Å²) in [5, 5.41) is 0. The van der Waals surface area contributed by atoms with Gasteiger partial charge in [-0.1, -0.05) is 0 Å². The van der Waals surface area contributed by atoms with E-state index in [4.69, 9.17) is 4.55 Å². The average molecular weight is 112 g/mol. The molecule has 0 aliphatic rings. The van der Waals surface area contributed by atoms with Crippen molar-refractivity contribution in [3.05, 3.63) is 0 Å². The first-order chi connectivity index (χ1) is 2.00. The average Bonchev–Trinajstić information content (AvgIpc) is 0.722. The van der Waals surface area contributed by atoms with Gasteiger partial charge in [-0.3, -0.25) is 0 Å². The zero-order valence-corrected chi connectivity index (χ0v) is 5.17. The molecular formula is C3H12O2S. The fourth-order valence-corrected chi connectivity index (χ4v) is 0. The molecule has 0 radical (unpaired) electrons. The van der Waals surface area contributed by atoms with Crippen LogP contribution in [0.3, 0.4) is 0 Å². The minimum Gasteiger partial charge on any atom is -0.412 e. The second-order valence-corrected chi connectivity index (χ2v) is 5.32. The quantitative estimate of drug-likeness (QED) is 0.482. The van der Waals surface area contributed by atoms with Crippen LogP contribution in [0.5, 0.6) is 0 Å². The first kappa shape index (κ1) is 9.55. The van der Waals surface area contributed by atoms with Crippen LogP contribution >= 0.6 is 10.3 Å². The summed E-state index contributed by atoms with van der Waals surface area (Å²) in [6.45, 7) is 0. The Morgan fingerprint density at radius 3 is 1.17 bits per heavy atom. The number of rotatable bonds is 0. The van der Waals surface area contributed by atoms with Gasteiger partial charge in [-0.2, -0.15) is 0 Å². The topological polar surface area (TPSA) is 51.7 Å². The molecule has 0 amide bonds. The normalized spacial score (nSPS) is 12.7. The molecule has 0 bridgehead atoms. The maximum atomic E-state index is 8.60. The molecule has 0 aromatic carbocycles. The van der Waals surface area contributed by atoms with Crippen LogP contribution < -0.4 is 0 Å². The van der Waals surface area contributed by atoms with E-state index in [1.54, 1.807) is 0 Å². The highest BCUT2D eigenvalue weighted by Crippen LogP contribution is 2.26. The summed E-state index contributed by atoms with van der Waals surface area (Å²) in [4.78, 5) is 0. The molecule has 0 aromatic heterocycles. The predicted octanol–water partition coefficient (Wildman–Crippen LogP) is 0.329. The van der Waals surface area contributed by atoms with Gasteiger partial charge in [0.1, 0.15) is 0 Å². The fourth-order valence-electron chi connectivity index (χ4n) is 0. The van der Waals surface area contributed by atoms with Crippen molar-refractivity contribution in [1.29, 1.82) is 0 Å². The smallest absolute Gasteiger partial charge is 0.0134 e. The Hall–Kier alpha value is 0.270. The van der Waals surface area contributed by atoms with E-state index < -0.39 is 10.3 Å². The van der Waals surface area contributed by atoms with Crippen LogP contribution in [0.25, 0.3) is 0 Å². The summed E-state index contributed by atoms with van der Waals surface area (Å²) < 4.78 is 8.60. The van der Waals surface area contributed by atoms with E-state index in [9.17, 15) is 0 Å². The minimum absolute atomic E-state index is 0. The molecule has 3 heteroatoms. The van der Waals surface area contributed by atoms with Crippen molar-refractivity contribution in [2.75, 3.05) is 18.8 Å². The molecule has 0 atom stereocenters. The first-order valence-electron chi connectivity index (χ1n) is 1.41. The summed E-state index contributed by atoms with van der Waals surface area (Å²) >= 11 is 0. The highest BCUT2D eigenvalue weighted by molar-refractivity contribution is 8.27. The maximum Gasteiger partial charge on any atom is -0.0134 e. The van der Waals surface area contributed by atoms with Crippen molar-refractivity contribution >= 4 is 10.3 Å². The lowest BCUT2D eigenvalue weighted by Gasteiger charge is -2.13. The van der Waals surface area contributed by atoms with Crippen LogP contribution in [0.15, 0.2) is 0 Å². The minimum atomic E-state index is -1.17. The molecular weight excluding hydrogens is 100 g/mol. The highest BCUT2D eigenvalue weighted by Gasteiger charge is 1.88. The Balaban J connectivity index is 0. The predicted molar refractivity (Wildman–Crippen MR) is 31.6 cm³/mol. The molecule has 0 spiro atoms.